The summed E-state index contributed by atoms with van der Waals surface area (Å²) in [7, 11) is 0. The van der Waals surface area contributed by atoms with Crippen LogP contribution in [0, 0.1) is 11.6 Å². The molecule has 0 fully saturated rings. The van der Waals surface area contributed by atoms with Crippen molar-refractivity contribution >= 4 is 33.2 Å². The Morgan fingerprint density at radius 2 is 1.90 bits per heavy atom. The van der Waals surface area contributed by atoms with Gasteiger partial charge in [0.2, 0.25) is 5.91 Å². The number of anilines is 2. The van der Waals surface area contributed by atoms with Gasteiger partial charge in [-0.25, -0.2) is 8.78 Å². The van der Waals surface area contributed by atoms with Gasteiger partial charge in [0.25, 0.3) is 0 Å². The van der Waals surface area contributed by atoms with Crippen molar-refractivity contribution in [1.82, 2.24) is 0 Å². The van der Waals surface area contributed by atoms with Crippen LogP contribution in [0.2, 0.25) is 0 Å². The number of nitrogens with two attached hydrogens (primary N) is 1. The van der Waals surface area contributed by atoms with Gasteiger partial charge < -0.3 is 11.1 Å². The molecule has 6 heteroatoms. The quantitative estimate of drug-likeness (QED) is 0.840. The molecule has 20 heavy (non-hydrogen) atoms. The molecule has 0 aliphatic rings. The molecule has 2 rings (SSSR count). The lowest BCUT2D eigenvalue weighted by Gasteiger charge is -2.08. The fourth-order valence-corrected chi connectivity index (χ4v) is 2.16. The SMILES string of the molecule is Nc1ccc(NC(=O)Cc2ccc(F)c(F)c2)c(Br)c1. The van der Waals surface area contributed by atoms with E-state index >= 15 is 0 Å². The molecule has 2 aromatic rings. The van der Waals surface area contributed by atoms with Crippen molar-refractivity contribution in [3.05, 3.63) is 58.1 Å². The maximum atomic E-state index is 13.0. The van der Waals surface area contributed by atoms with Gasteiger partial charge in [-0.3, -0.25) is 4.79 Å². The first-order valence-electron chi connectivity index (χ1n) is 5.74. The van der Waals surface area contributed by atoms with Crippen LogP contribution in [0.1, 0.15) is 5.56 Å². The normalized spacial score (nSPS) is 10.3. The molecule has 0 unspecified atom stereocenters. The summed E-state index contributed by atoms with van der Waals surface area (Å²) in [5.41, 5.74) is 7.12. The van der Waals surface area contributed by atoms with Gasteiger partial charge in [0.05, 0.1) is 12.1 Å². The first kappa shape index (κ1) is 14.5. The number of nitrogen functional groups attached to an aromatic ring is 1. The van der Waals surface area contributed by atoms with Crippen molar-refractivity contribution in [2.75, 3.05) is 11.1 Å². The smallest absolute Gasteiger partial charge is 0.228 e. The Bertz CT molecular complexity index is 662. The Hall–Kier alpha value is -1.95. The Morgan fingerprint density at radius 1 is 1.15 bits per heavy atom. The topological polar surface area (TPSA) is 55.1 Å². The number of halogens is 3. The van der Waals surface area contributed by atoms with Crippen LogP contribution >= 0.6 is 15.9 Å². The van der Waals surface area contributed by atoms with Crippen LogP contribution in [0.4, 0.5) is 20.2 Å². The summed E-state index contributed by atoms with van der Waals surface area (Å²) in [6.07, 6.45) is -0.0476. The van der Waals surface area contributed by atoms with Gasteiger partial charge in [0.15, 0.2) is 11.6 Å². The lowest BCUT2D eigenvalue weighted by atomic mass is 10.1. The number of carbonyl (C=O) groups is 1. The largest absolute Gasteiger partial charge is 0.399 e. The van der Waals surface area contributed by atoms with Crippen molar-refractivity contribution in [1.29, 1.82) is 0 Å². The predicted molar refractivity (Wildman–Crippen MR) is 77.2 cm³/mol. The molecule has 0 heterocycles. The lowest BCUT2D eigenvalue weighted by molar-refractivity contribution is -0.115. The van der Waals surface area contributed by atoms with Crippen LogP contribution in [0.5, 0.6) is 0 Å². The summed E-state index contributed by atoms with van der Waals surface area (Å²) in [6, 6.07) is 8.34. The van der Waals surface area contributed by atoms with E-state index in [0.717, 1.165) is 12.1 Å². The molecule has 0 saturated heterocycles. The van der Waals surface area contributed by atoms with Crippen LogP contribution < -0.4 is 11.1 Å². The number of carbonyl (C=O) groups excluding carboxylic acids is 1. The van der Waals surface area contributed by atoms with E-state index in [0.29, 0.717) is 21.4 Å². The number of rotatable bonds is 3. The van der Waals surface area contributed by atoms with Gasteiger partial charge in [0, 0.05) is 10.2 Å². The van der Waals surface area contributed by atoms with Crippen LogP contribution in [0.25, 0.3) is 0 Å². The molecule has 0 radical (unpaired) electrons. The summed E-state index contributed by atoms with van der Waals surface area (Å²) in [6.45, 7) is 0. The van der Waals surface area contributed by atoms with Gasteiger partial charge in [-0.05, 0) is 51.8 Å². The zero-order chi connectivity index (χ0) is 14.7. The maximum absolute atomic E-state index is 13.0. The van der Waals surface area contributed by atoms with Gasteiger partial charge in [-0.1, -0.05) is 6.07 Å². The Kier molecular flexibility index (Phi) is 4.34. The van der Waals surface area contributed by atoms with E-state index in [4.69, 9.17) is 5.73 Å². The number of amides is 1. The molecule has 0 aliphatic heterocycles. The van der Waals surface area contributed by atoms with Gasteiger partial charge in [-0.2, -0.15) is 0 Å². The fraction of sp³-hybridized carbons (Fsp3) is 0.0714. The highest BCUT2D eigenvalue weighted by Gasteiger charge is 2.09. The van der Waals surface area contributed by atoms with Gasteiger partial charge in [0.1, 0.15) is 0 Å². The molecule has 0 saturated carbocycles. The number of hydrogen-bond donors (Lipinski definition) is 2. The average molecular weight is 341 g/mol. The molecule has 0 atom stereocenters. The maximum Gasteiger partial charge on any atom is 0.228 e. The first-order valence-corrected chi connectivity index (χ1v) is 6.54. The molecule has 0 spiro atoms. The molecule has 3 N–H and O–H groups in total. The highest BCUT2D eigenvalue weighted by atomic mass is 79.9. The Morgan fingerprint density at radius 3 is 2.55 bits per heavy atom. The molecule has 2 aromatic carbocycles. The summed E-state index contributed by atoms with van der Waals surface area (Å²) in [5.74, 6) is -2.24. The summed E-state index contributed by atoms with van der Waals surface area (Å²) >= 11 is 3.28. The minimum Gasteiger partial charge on any atom is -0.399 e. The van der Waals surface area contributed by atoms with Crippen LogP contribution in [-0.4, -0.2) is 5.91 Å². The monoisotopic (exact) mass is 340 g/mol. The zero-order valence-electron chi connectivity index (χ0n) is 10.3. The van der Waals surface area contributed by atoms with Crippen molar-refractivity contribution < 1.29 is 13.6 Å². The van der Waals surface area contributed by atoms with Crippen LogP contribution in [-0.2, 0) is 11.2 Å². The van der Waals surface area contributed by atoms with E-state index in [-0.39, 0.29) is 12.3 Å². The van der Waals surface area contributed by atoms with E-state index in [1.165, 1.54) is 6.07 Å². The second kappa shape index (κ2) is 6.00. The summed E-state index contributed by atoms with van der Waals surface area (Å²) in [4.78, 5) is 11.8. The summed E-state index contributed by atoms with van der Waals surface area (Å²) in [5, 5.41) is 2.66. The number of benzene rings is 2. The molecular formula is C14H11BrF2N2O. The molecule has 1 amide bonds. The molecule has 0 aliphatic carbocycles. The number of nitrogens with one attached hydrogen (secondary N) is 1. The third-order valence-electron chi connectivity index (χ3n) is 2.62. The van der Waals surface area contributed by atoms with E-state index in [2.05, 4.69) is 21.2 Å². The highest BCUT2D eigenvalue weighted by Crippen LogP contribution is 2.24. The lowest BCUT2D eigenvalue weighted by Crippen LogP contribution is -2.15. The van der Waals surface area contributed by atoms with Crippen molar-refractivity contribution in [2.24, 2.45) is 0 Å². The molecular weight excluding hydrogens is 330 g/mol. The average Bonchev–Trinajstić information content (AvgIpc) is 2.37. The minimum atomic E-state index is -0.969. The summed E-state index contributed by atoms with van der Waals surface area (Å²) < 4.78 is 26.5. The van der Waals surface area contributed by atoms with Crippen molar-refractivity contribution in [3.8, 4) is 0 Å². The third kappa shape index (κ3) is 3.54. The van der Waals surface area contributed by atoms with Crippen LogP contribution in [0.3, 0.4) is 0 Å². The Balaban J connectivity index is 2.07. The predicted octanol–water partition coefficient (Wildman–Crippen LogP) is 3.49. The standard InChI is InChI=1S/C14H11BrF2N2O/c15-10-7-9(18)2-4-13(10)19-14(20)6-8-1-3-11(16)12(17)5-8/h1-5,7H,6,18H2,(H,19,20). The Labute approximate surface area is 122 Å². The van der Waals surface area contributed by atoms with Gasteiger partial charge in [-0.15, -0.1) is 0 Å². The van der Waals surface area contributed by atoms with Gasteiger partial charge >= 0.3 is 0 Å². The molecule has 0 bridgehead atoms. The first-order chi connectivity index (χ1) is 9.45. The highest BCUT2D eigenvalue weighted by molar-refractivity contribution is 9.10. The van der Waals surface area contributed by atoms with E-state index < -0.39 is 11.6 Å². The molecule has 3 nitrogen and oxygen atoms in total. The number of hydrogen-bond acceptors (Lipinski definition) is 2. The molecule has 104 valence electrons. The van der Waals surface area contributed by atoms with Crippen LogP contribution in [0.15, 0.2) is 40.9 Å². The fourth-order valence-electron chi connectivity index (χ4n) is 1.66. The second-order valence-corrected chi connectivity index (χ2v) is 5.07. The van der Waals surface area contributed by atoms with E-state index in [1.54, 1.807) is 18.2 Å². The van der Waals surface area contributed by atoms with E-state index in [9.17, 15) is 13.6 Å². The third-order valence-corrected chi connectivity index (χ3v) is 3.27. The zero-order valence-corrected chi connectivity index (χ0v) is 11.9. The molecule has 0 aromatic heterocycles. The minimum absolute atomic E-state index is 0.0476. The van der Waals surface area contributed by atoms with E-state index in [1.807, 2.05) is 0 Å². The second-order valence-electron chi connectivity index (χ2n) is 4.21. The van der Waals surface area contributed by atoms with Crippen molar-refractivity contribution in [3.63, 3.8) is 0 Å². The van der Waals surface area contributed by atoms with Crippen molar-refractivity contribution in [2.45, 2.75) is 6.42 Å².